The number of aliphatic imine (C=N–C) groups is 1. The molecule has 16 N–H and O–H groups in total. The zero-order valence-corrected chi connectivity index (χ0v) is 40.9. The summed E-state index contributed by atoms with van der Waals surface area (Å²) < 4.78 is 0. The van der Waals surface area contributed by atoms with E-state index in [1.807, 2.05) is 0 Å². The minimum absolute atomic E-state index is 0.0458. The lowest BCUT2D eigenvalue weighted by molar-refractivity contribution is -0.145. The molecule has 390 valence electrons. The Hall–Kier alpha value is -6.05. The number of aliphatic hydroxyl groups is 1. The third kappa shape index (κ3) is 18.7. The first kappa shape index (κ1) is 58.3. The van der Waals surface area contributed by atoms with E-state index in [4.69, 9.17) is 22.9 Å². The van der Waals surface area contributed by atoms with E-state index in [0.717, 1.165) is 0 Å². The zero-order valence-electron chi connectivity index (χ0n) is 40.0. The Morgan fingerprint density at radius 1 is 0.743 bits per heavy atom. The van der Waals surface area contributed by atoms with Crippen LogP contribution >= 0.6 is 12.6 Å². The van der Waals surface area contributed by atoms with Crippen molar-refractivity contribution in [1.82, 2.24) is 41.7 Å². The van der Waals surface area contributed by atoms with Gasteiger partial charge in [0, 0.05) is 31.8 Å². The summed E-state index contributed by atoms with van der Waals surface area (Å²) >= 11 is 4.24. The second-order valence-corrected chi connectivity index (χ2v) is 18.2. The van der Waals surface area contributed by atoms with E-state index in [2.05, 4.69) is 49.5 Å². The molecule has 0 aliphatic carbocycles. The Kier molecular flexibility index (Phi) is 24.9. The number of nitrogens with zero attached hydrogens (tertiary/aromatic N) is 3. The normalized spacial score (nSPS) is 18.0. The summed E-state index contributed by atoms with van der Waals surface area (Å²) in [4.78, 5) is 127. The number of thiol groups is 1. The van der Waals surface area contributed by atoms with E-state index in [1.54, 1.807) is 44.2 Å². The topological polar surface area (TPSA) is 389 Å². The van der Waals surface area contributed by atoms with Crippen LogP contribution in [0.5, 0.6) is 0 Å². The molecule has 0 unspecified atom stereocenters. The zero-order chi connectivity index (χ0) is 51.9. The van der Waals surface area contributed by atoms with Crippen LogP contribution in [-0.4, -0.2) is 173 Å². The highest BCUT2D eigenvalue weighted by Gasteiger charge is 2.41. The molecule has 2 heterocycles. The third-order valence-corrected chi connectivity index (χ3v) is 12.2. The lowest BCUT2D eigenvalue weighted by Crippen LogP contribution is -2.59. The number of nitrogens with one attached hydrogen (secondary N) is 6. The lowest BCUT2D eigenvalue weighted by atomic mass is 10.0. The first-order valence-electron chi connectivity index (χ1n) is 23.7. The minimum Gasteiger partial charge on any atom is -0.480 e. The van der Waals surface area contributed by atoms with Gasteiger partial charge < -0.3 is 74.8 Å². The predicted octanol–water partition coefficient (Wildman–Crippen LogP) is -3.69. The third-order valence-electron chi connectivity index (χ3n) is 11.8. The Balaban J connectivity index is 1.67. The Bertz CT molecular complexity index is 1980. The van der Waals surface area contributed by atoms with Gasteiger partial charge >= 0.3 is 5.97 Å². The molecule has 0 radical (unpaired) electrons. The number of nitrogens with two attached hydrogens (primary N) is 4. The van der Waals surface area contributed by atoms with Crippen molar-refractivity contribution in [2.24, 2.45) is 33.8 Å². The van der Waals surface area contributed by atoms with Crippen molar-refractivity contribution >= 4 is 71.8 Å². The number of carbonyl (C=O) groups is 9. The predicted molar refractivity (Wildman–Crippen MR) is 261 cm³/mol. The Morgan fingerprint density at radius 2 is 1.33 bits per heavy atom. The number of amides is 8. The number of hydrogen-bond acceptors (Lipinski definition) is 14. The van der Waals surface area contributed by atoms with Gasteiger partial charge in [0.1, 0.15) is 42.3 Å². The van der Waals surface area contributed by atoms with Gasteiger partial charge in [-0.05, 0) is 75.8 Å². The number of aliphatic carboxylic acids is 1. The number of likely N-dealkylation sites (tertiary alicyclic amines) is 2. The maximum atomic E-state index is 14.0. The highest BCUT2D eigenvalue weighted by Crippen LogP contribution is 2.22. The molecule has 8 amide bonds. The van der Waals surface area contributed by atoms with Gasteiger partial charge in [0.25, 0.3) is 0 Å². The monoisotopic (exact) mass is 1000 g/mol. The van der Waals surface area contributed by atoms with Gasteiger partial charge in [0.15, 0.2) is 5.96 Å². The minimum atomic E-state index is -1.54. The van der Waals surface area contributed by atoms with Crippen molar-refractivity contribution in [1.29, 1.82) is 0 Å². The van der Waals surface area contributed by atoms with E-state index in [0.29, 0.717) is 50.6 Å². The highest BCUT2D eigenvalue weighted by atomic mass is 32.1. The molecule has 8 atom stereocenters. The second-order valence-electron chi connectivity index (χ2n) is 17.8. The fourth-order valence-electron chi connectivity index (χ4n) is 8.16. The fraction of sp³-hybridized carbons (Fsp3) is 0.644. The van der Waals surface area contributed by atoms with Gasteiger partial charge in [0.05, 0.1) is 19.2 Å². The van der Waals surface area contributed by atoms with Crippen molar-refractivity contribution < 1.29 is 53.4 Å². The molecule has 2 fully saturated rings. The Labute approximate surface area is 413 Å². The molecule has 70 heavy (non-hydrogen) atoms. The summed E-state index contributed by atoms with van der Waals surface area (Å²) in [5, 5.41) is 35.2. The van der Waals surface area contributed by atoms with Gasteiger partial charge in [-0.15, -0.1) is 0 Å². The molecule has 1 aromatic rings. The molecule has 2 saturated heterocycles. The van der Waals surface area contributed by atoms with Crippen LogP contribution in [0.4, 0.5) is 0 Å². The summed E-state index contributed by atoms with van der Waals surface area (Å²) in [6.45, 7) is 2.99. The van der Waals surface area contributed by atoms with E-state index >= 15 is 0 Å². The standard InChI is InChI=1S/C45H73N13O11S/c1-26(2)21-31(44(68)69)54-40(64)34-15-10-20-58(34)43(67)32(24-59)55-39(63)30(22-27-11-4-3-5-12-27)52-36(60)23-51-38(62)33(25-70)56-41(65)35-16-9-19-57(35)42(66)29(14-8-18-50-45(48)49)53-37(61)28(47)13-6-7-17-46/h3-5,11-12,26,28-35,59,70H,6-10,13-25,46-47H2,1-2H3,(H,51,62)(H,52,60)(H,53,61)(H,54,64)(H,55,63)(H,56,65)(H,68,69)(H4,48,49,50)/t28-,29-,30-,31-,32-,33-,34-,35-/m0/s1. The molecule has 25 heteroatoms. The molecule has 0 saturated carbocycles. The number of carboxylic acids is 1. The van der Waals surface area contributed by atoms with Crippen molar-refractivity contribution in [3.8, 4) is 0 Å². The summed E-state index contributed by atoms with van der Waals surface area (Å²) in [6, 6.07) is -0.785. The van der Waals surface area contributed by atoms with Crippen LogP contribution < -0.4 is 54.8 Å². The van der Waals surface area contributed by atoms with E-state index < -0.39 is 115 Å². The highest BCUT2D eigenvalue weighted by molar-refractivity contribution is 7.80. The van der Waals surface area contributed by atoms with Crippen molar-refractivity contribution in [2.45, 2.75) is 133 Å². The van der Waals surface area contributed by atoms with Crippen LogP contribution in [0.1, 0.15) is 83.6 Å². The number of unbranched alkanes of at least 4 members (excludes halogenated alkanes) is 1. The van der Waals surface area contributed by atoms with E-state index in [-0.39, 0.29) is 69.4 Å². The van der Waals surface area contributed by atoms with Crippen LogP contribution in [-0.2, 0) is 49.6 Å². The molecular weight excluding hydrogens is 931 g/mol. The maximum Gasteiger partial charge on any atom is 0.326 e. The molecule has 0 spiro atoms. The van der Waals surface area contributed by atoms with Gasteiger partial charge in [-0.1, -0.05) is 50.6 Å². The van der Waals surface area contributed by atoms with Crippen molar-refractivity contribution in [2.75, 3.05) is 45.1 Å². The average molecular weight is 1000 g/mol. The summed E-state index contributed by atoms with van der Waals surface area (Å²) in [7, 11) is 0. The lowest BCUT2D eigenvalue weighted by Gasteiger charge is -2.30. The van der Waals surface area contributed by atoms with Crippen molar-refractivity contribution in [3.05, 3.63) is 35.9 Å². The van der Waals surface area contributed by atoms with Gasteiger partial charge in [-0.2, -0.15) is 12.6 Å². The smallest absolute Gasteiger partial charge is 0.326 e. The van der Waals surface area contributed by atoms with Crippen LogP contribution in [0.15, 0.2) is 35.3 Å². The van der Waals surface area contributed by atoms with Gasteiger partial charge in [-0.3, -0.25) is 43.3 Å². The number of carbonyl (C=O) groups excluding carboxylic acids is 8. The van der Waals surface area contributed by atoms with Gasteiger partial charge in [-0.25, -0.2) is 4.79 Å². The number of aliphatic hydroxyl groups excluding tert-OH is 1. The summed E-state index contributed by atoms with van der Waals surface area (Å²) in [5.41, 5.74) is 23.2. The molecule has 24 nitrogen and oxygen atoms in total. The molecule has 0 aromatic heterocycles. The van der Waals surface area contributed by atoms with E-state index in [9.17, 15) is 53.4 Å². The number of hydrogen-bond donors (Lipinski definition) is 13. The van der Waals surface area contributed by atoms with Crippen LogP contribution in [0.3, 0.4) is 0 Å². The first-order chi connectivity index (χ1) is 33.3. The van der Waals surface area contributed by atoms with Crippen LogP contribution in [0.25, 0.3) is 0 Å². The molecule has 3 rings (SSSR count). The molecule has 2 aliphatic heterocycles. The number of guanidine groups is 1. The van der Waals surface area contributed by atoms with Gasteiger partial charge in [0.2, 0.25) is 47.3 Å². The number of carboxylic acid groups (broad SMARTS) is 1. The van der Waals surface area contributed by atoms with Crippen LogP contribution in [0, 0.1) is 5.92 Å². The van der Waals surface area contributed by atoms with E-state index in [1.165, 1.54) is 9.80 Å². The number of rotatable bonds is 29. The molecule has 2 aliphatic rings. The average Bonchev–Trinajstić information content (AvgIpc) is 4.03. The molecule has 1 aromatic carbocycles. The maximum absolute atomic E-state index is 14.0. The quantitative estimate of drug-likeness (QED) is 0.0159. The Morgan fingerprint density at radius 3 is 1.87 bits per heavy atom. The second kappa shape index (κ2) is 29.9. The summed E-state index contributed by atoms with van der Waals surface area (Å²) in [6.07, 6.45) is 3.49. The van der Waals surface area contributed by atoms with Crippen molar-refractivity contribution in [3.63, 3.8) is 0 Å². The number of benzene rings is 1. The SMILES string of the molecule is CC(C)C[C@H](NC(=O)[C@@H]1CCCN1C(=O)[C@H](CO)NC(=O)[C@H](Cc1ccccc1)NC(=O)CNC(=O)[C@H](CS)NC(=O)[C@@H]1CCCN1C(=O)[C@H](CCCN=C(N)N)NC(=O)[C@@H](N)CCCCN)C(=O)O. The first-order valence-corrected chi connectivity index (χ1v) is 24.3. The molecule has 0 bridgehead atoms. The summed E-state index contributed by atoms with van der Waals surface area (Å²) in [5.74, 6) is -7.33. The fourth-order valence-corrected chi connectivity index (χ4v) is 8.42. The molecular formula is C45H73N13O11S. The largest absolute Gasteiger partial charge is 0.480 e. The van der Waals surface area contributed by atoms with Crippen LogP contribution in [0.2, 0.25) is 0 Å².